The summed E-state index contributed by atoms with van der Waals surface area (Å²) in [5.41, 5.74) is 2.26. The molecule has 1 fully saturated rings. The van der Waals surface area contributed by atoms with Gasteiger partial charge in [-0.3, -0.25) is 0 Å². The lowest BCUT2D eigenvalue weighted by Crippen LogP contribution is -2.38. The molecule has 0 saturated carbocycles. The Balaban J connectivity index is 0.00000312. The first kappa shape index (κ1) is 25.7. The Kier molecular flexibility index (Phi) is 13.6. The summed E-state index contributed by atoms with van der Waals surface area (Å²) >= 11 is 0. The van der Waals surface area contributed by atoms with Gasteiger partial charge in [-0.05, 0) is 70.3 Å². The maximum absolute atomic E-state index is 10.8. The topological polar surface area (TPSA) is 35.5 Å². The number of aliphatic hydroxyl groups is 1. The quantitative estimate of drug-likeness (QED) is 0.582. The van der Waals surface area contributed by atoms with Gasteiger partial charge in [0.05, 0.1) is 6.10 Å². The lowest BCUT2D eigenvalue weighted by atomic mass is 9.94. The van der Waals surface area contributed by atoms with Gasteiger partial charge in [0.25, 0.3) is 0 Å². The van der Waals surface area contributed by atoms with E-state index in [2.05, 4.69) is 55.3 Å². The van der Waals surface area contributed by atoms with Crippen LogP contribution in [0.4, 0.5) is 0 Å². The third-order valence-corrected chi connectivity index (χ3v) is 5.03. The first-order valence-corrected chi connectivity index (χ1v) is 9.76. The Hall–Kier alpha value is -0.320. The van der Waals surface area contributed by atoms with E-state index < -0.39 is 6.10 Å². The molecular weight excluding hydrogens is 367 g/mol. The second kappa shape index (κ2) is 13.8. The molecule has 2 N–H and O–H groups in total. The van der Waals surface area contributed by atoms with E-state index in [0.717, 1.165) is 24.9 Å². The minimum atomic E-state index is -0.428. The molecule has 2 unspecified atom stereocenters. The van der Waals surface area contributed by atoms with Crippen LogP contribution in [0.15, 0.2) is 24.3 Å². The number of nitrogens with zero attached hydrogens (tertiary/aromatic N) is 1. The monoisotopic (exact) mass is 404 g/mol. The molecule has 1 aliphatic heterocycles. The SMILES string of the molecule is Cc1ccc(C(O)C(CC(C)C)NCCCN2CCCCC2)cc1.Cl.Cl. The average Bonchev–Trinajstić information content (AvgIpc) is 2.58. The predicted octanol–water partition coefficient (Wildman–Crippen LogP) is 4.75. The van der Waals surface area contributed by atoms with Gasteiger partial charge in [-0.15, -0.1) is 24.8 Å². The van der Waals surface area contributed by atoms with Crippen LogP contribution in [-0.4, -0.2) is 42.2 Å². The summed E-state index contributed by atoms with van der Waals surface area (Å²) in [6, 6.07) is 8.42. The number of likely N-dealkylation sites (tertiary alicyclic amines) is 1. The van der Waals surface area contributed by atoms with Crippen LogP contribution >= 0.6 is 24.8 Å². The highest BCUT2D eigenvalue weighted by molar-refractivity contribution is 5.85. The summed E-state index contributed by atoms with van der Waals surface area (Å²) < 4.78 is 0. The number of hydrogen-bond acceptors (Lipinski definition) is 3. The molecule has 0 spiro atoms. The second-order valence-electron chi connectivity index (χ2n) is 7.80. The molecule has 152 valence electrons. The van der Waals surface area contributed by atoms with Crippen LogP contribution in [0.5, 0.6) is 0 Å². The van der Waals surface area contributed by atoms with Crippen molar-refractivity contribution in [2.75, 3.05) is 26.2 Å². The van der Waals surface area contributed by atoms with Gasteiger partial charge < -0.3 is 15.3 Å². The van der Waals surface area contributed by atoms with Crippen molar-refractivity contribution in [3.63, 3.8) is 0 Å². The van der Waals surface area contributed by atoms with E-state index in [0.29, 0.717) is 5.92 Å². The summed E-state index contributed by atoms with van der Waals surface area (Å²) in [7, 11) is 0. The number of rotatable bonds is 9. The van der Waals surface area contributed by atoms with Gasteiger partial charge in [0, 0.05) is 6.04 Å². The summed E-state index contributed by atoms with van der Waals surface area (Å²) in [4.78, 5) is 2.58. The highest BCUT2D eigenvalue weighted by Crippen LogP contribution is 2.22. The zero-order valence-electron chi connectivity index (χ0n) is 16.6. The van der Waals surface area contributed by atoms with Gasteiger partial charge in [0.1, 0.15) is 0 Å². The van der Waals surface area contributed by atoms with Crippen molar-refractivity contribution in [3.8, 4) is 0 Å². The smallest absolute Gasteiger partial charge is 0.0943 e. The molecule has 26 heavy (non-hydrogen) atoms. The van der Waals surface area contributed by atoms with E-state index in [4.69, 9.17) is 0 Å². The average molecular weight is 405 g/mol. The van der Waals surface area contributed by atoms with Gasteiger partial charge in [0.15, 0.2) is 0 Å². The number of aliphatic hydroxyl groups excluding tert-OH is 1. The van der Waals surface area contributed by atoms with Crippen molar-refractivity contribution >= 4 is 24.8 Å². The summed E-state index contributed by atoms with van der Waals surface area (Å²) in [6.07, 6.45) is 5.84. The van der Waals surface area contributed by atoms with Crippen molar-refractivity contribution in [2.45, 2.75) is 65.0 Å². The van der Waals surface area contributed by atoms with Gasteiger partial charge in [0.2, 0.25) is 0 Å². The highest BCUT2D eigenvalue weighted by Gasteiger charge is 2.21. The van der Waals surface area contributed by atoms with Crippen LogP contribution in [0.2, 0.25) is 0 Å². The van der Waals surface area contributed by atoms with Crippen molar-refractivity contribution < 1.29 is 5.11 Å². The molecule has 0 aliphatic carbocycles. The van der Waals surface area contributed by atoms with Crippen LogP contribution in [0.3, 0.4) is 0 Å². The van der Waals surface area contributed by atoms with E-state index in [9.17, 15) is 5.11 Å². The summed E-state index contributed by atoms with van der Waals surface area (Å²) in [5, 5.41) is 14.4. The zero-order chi connectivity index (χ0) is 17.4. The van der Waals surface area contributed by atoms with Crippen LogP contribution in [0.1, 0.15) is 63.2 Å². The number of halogens is 2. The van der Waals surface area contributed by atoms with Crippen LogP contribution in [-0.2, 0) is 0 Å². The third-order valence-electron chi connectivity index (χ3n) is 5.03. The van der Waals surface area contributed by atoms with Gasteiger partial charge in [-0.2, -0.15) is 0 Å². The van der Waals surface area contributed by atoms with E-state index in [1.807, 2.05) is 0 Å². The molecule has 1 heterocycles. The minimum absolute atomic E-state index is 0. The molecule has 1 aromatic carbocycles. The summed E-state index contributed by atoms with van der Waals surface area (Å²) in [6.45, 7) is 11.2. The molecule has 0 radical (unpaired) electrons. The maximum atomic E-state index is 10.8. The van der Waals surface area contributed by atoms with Crippen molar-refractivity contribution in [2.24, 2.45) is 5.92 Å². The van der Waals surface area contributed by atoms with Crippen LogP contribution in [0.25, 0.3) is 0 Å². The lowest BCUT2D eigenvalue weighted by Gasteiger charge is -2.28. The standard InChI is InChI=1S/C21H36N2O.2ClH/c1-17(2)16-20(21(24)19-10-8-18(3)9-11-19)22-12-7-15-23-13-5-4-6-14-23;;/h8-11,17,20-22,24H,4-7,12-16H2,1-3H3;2*1H. The molecular formula is C21H38Cl2N2O. The first-order valence-electron chi connectivity index (χ1n) is 9.76. The van der Waals surface area contributed by atoms with E-state index in [1.54, 1.807) is 0 Å². The van der Waals surface area contributed by atoms with Crippen molar-refractivity contribution in [1.29, 1.82) is 0 Å². The van der Waals surface area contributed by atoms with E-state index >= 15 is 0 Å². The predicted molar refractivity (Wildman–Crippen MR) is 117 cm³/mol. The van der Waals surface area contributed by atoms with Gasteiger partial charge >= 0.3 is 0 Å². The fourth-order valence-electron chi connectivity index (χ4n) is 3.60. The Bertz CT molecular complexity index is 462. The Labute approximate surface area is 172 Å². The van der Waals surface area contributed by atoms with Crippen LogP contribution < -0.4 is 5.32 Å². The molecule has 1 saturated heterocycles. The van der Waals surface area contributed by atoms with E-state index in [1.165, 1.54) is 44.5 Å². The highest BCUT2D eigenvalue weighted by atomic mass is 35.5. The fourth-order valence-corrected chi connectivity index (χ4v) is 3.60. The Morgan fingerprint density at radius 3 is 2.23 bits per heavy atom. The second-order valence-corrected chi connectivity index (χ2v) is 7.80. The zero-order valence-corrected chi connectivity index (χ0v) is 18.2. The Morgan fingerprint density at radius 2 is 1.65 bits per heavy atom. The third kappa shape index (κ3) is 9.05. The van der Waals surface area contributed by atoms with Gasteiger partial charge in [-0.25, -0.2) is 0 Å². The molecule has 0 amide bonds. The molecule has 0 aromatic heterocycles. The van der Waals surface area contributed by atoms with Crippen molar-refractivity contribution in [3.05, 3.63) is 35.4 Å². The van der Waals surface area contributed by atoms with Crippen LogP contribution in [0, 0.1) is 12.8 Å². The molecule has 0 bridgehead atoms. The van der Waals surface area contributed by atoms with Gasteiger partial charge in [-0.1, -0.05) is 50.1 Å². The molecule has 5 heteroatoms. The number of aryl methyl sites for hydroxylation is 1. The largest absolute Gasteiger partial charge is 0.387 e. The van der Waals surface area contributed by atoms with Crippen molar-refractivity contribution in [1.82, 2.24) is 10.2 Å². The number of piperidine rings is 1. The molecule has 2 rings (SSSR count). The Morgan fingerprint density at radius 1 is 1.04 bits per heavy atom. The minimum Gasteiger partial charge on any atom is -0.387 e. The molecule has 3 nitrogen and oxygen atoms in total. The molecule has 1 aromatic rings. The number of benzene rings is 1. The fraction of sp³-hybridized carbons (Fsp3) is 0.714. The number of hydrogen-bond donors (Lipinski definition) is 2. The van der Waals surface area contributed by atoms with E-state index in [-0.39, 0.29) is 30.9 Å². The molecule has 1 aliphatic rings. The normalized spacial score (nSPS) is 17.3. The number of nitrogens with one attached hydrogen (secondary N) is 1. The summed E-state index contributed by atoms with van der Waals surface area (Å²) in [5.74, 6) is 0.574. The lowest BCUT2D eigenvalue weighted by molar-refractivity contribution is 0.115. The molecule has 2 atom stereocenters. The first-order chi connectivity index (χ1) is 11.6. The maximum Gasteiger partial charge on any atom is 0.0943 e.